The molecule has 2 rings (SSSR count). The molecule has 1 amide bonds. The Hall–Kier alpha value is -2.50. The van der Waals surface area contributed by atoms with Gasteiger partial charge in [0.1, 0.15) is 5.75 Å². The van der Waals surface area contributed by atoms with E-state index in [0.717, 1.165) is 10.5 Å². The third-order valence-corrected chi connectivity index (χ3v) is 3.67. The van der Waals surface area contributed by atoms with Crippen LogP contribution < -0.4 is 4.74 Å². The maximum Gasteiger partial charge on any atom is 0.407 e. The normalized spacial score (nSPS) is 18.6. The average Bonchev–Trinajstić information content (AvgIpc) is 2.46. The van der Waals surface area contributed by atoms with Crippen LogP contribution in [0.5, 0.6) is 5.75 Å². The van der Waals surface area contributed by atoms with Gasteiger partial charge in [0.2, 0.25) is 0 Å². The lowest BCUT2D eigenvalue weighted by atomic mass is 9.90. The van der Waals surface area contributed by atoms with E-state index in [4.69, 9.17) is 9.84 Å². The molecule has 21 heavy (non-hydrogen) atoms. The summed E-state index contributed by atoms with van der Waals surface area (Å²) in [7, 11) is 1.56. The van der Waals surface area contributed by atoms with E-state index in [9.17, 15) is 14.7 Å². The highest BCUT2D eigenvalue weighted by atomic mass is 16.5. The number of benzene rings is 1. The van der Waals surface area contributed by atoms with E-state index in [1.807, 2.05) is 0 Å². The Morgan fingerprint density at radius 2 is 1.86 bits per heavy atom. The first-order valence-electron chi connectivity index (χ1n) is 6.53. The van der Waals surface area contributed by atoms with Crippen molar-refractivity contribution in [1.82, 2.24) is 4.90 Å². The van der Waals surface area contributed by atoms with Crippen molar-refractivity contribution in [2.45, 2.75) is 19.4 Å². The Morgan fingerprint density at radius 3 is 2.33 bits per heavy atom. The fourth-order valence-corrected chi connectivity index (χ4v) is 2.49. The van der Waals surface area contributed by atoms with Crippen molar-refractivity contribution in [3.63, 3.8) is 0 Å². The van der Waals surface area contributed by atoms with Crippen molar-refractivity contribution >= 4 is 17.6 Å². The lowest BCUT2D eigenvalue weighted by molar-refractivity contribution is -0.132. The summed E-state index contributed by atoms with van der Waals surface area (Å²) < 4.78 is 5.08. The molecule has 0 spiro atoms. The third kappa shape index (κ3) is 2.99. The van der Waals surface area contributed by atoms with Crippen LogP contribution in [0.3, 0.4) is 0 Å². The number of nitrogens with zero attached hydrogens (tertiary/aromatic N) is 1. The van der Waals surface area contributed by atoms with Crippen LogP contribution in [0.2, 0.25) is 0 Å². The summed E-state index contributed by atoms with van der Waals surface area (Å²) in [6, 6.07) is 6.84. The Kier molecular flexibility index (Phi) is 4.16. The van der Waals surface area contributed by atoms with Gasteiger partial charge in [-0.3, -0.25) is 0 Å². The number of carbonyl (C=O) groups is 2. The van der Waals surface area contributed by atoms with E-state index >= 15 is 0 Å². The van der Waals surface area contributed by atoms with Gasteiger partial charge in [0.15, 0.2) is 0 Å². The Labute approximate surface area is 122 Å². The number of hydrogen-bond acceptors (Lipinski definition) is 3. The van der Waals surface area contributed by atoms with Gasteiger partial charge in [-0.25, -0.2) is 9.59 Å². The van der Waals surface area contributed by atoms with Crippen LogP contribution in [0.25, 0.3) is 5.57 Å². The van der Waals surface area contributed by atoms with E-state index < -0.39 is 12.1 Å². The molecule has 1 aromatic carbocycles. The van der Waals surface area contributed by atoms with Gasteiger partial charge < -0.3 is 19.8 Å². The van der Waals surface area contributed by atoms with Crippen molar-refractivity contribution in [3.8, 4) is 5.75 Å². The predicted molar refractivity (Wildman–Crippen MR) is 76.4 cm³/mol. The van der Waals surface area contributed by atoms with Crippen LogP contribution in [-0.4, -0.2) is 46.9 Å². The average molecular weight is 291 g/mol. The van der Waals surface area contributed by atoms with E-state index in [2.05, 4.69) is 0 Å². The number of carboxylic acids is 1. The molecule has 6 heteroatoms. The summed E-state index contributed by atoms with van der Waals surface area (Å²) in [4.78, 5) is 23.7. The fraction of sp³-hybridized carbons (Fsp3) is 0.333. The summed E-state index contributed by atoms with van der Waals surface area (Å²) in [6.45, 7) is 1.67. The minimum atomic E-state index is -1.10. The first-order valence-corrected chi connectivity index (χ1v) is 6.53. The first-order chi connectivity index (χ1) is 9.93. The van der Waals surface area contributed by atoms with Gasteiger partial charge >= 0.3 is 12.1 Å². The highest BCUT2D eigenvalue weighted by molar-refractivity contribution is 5.98. The van der Waals surface area contributed by atoms with Gasteiger partial charge in [0, 0.05) is 6.04 Å². The van der Waals surface area contributed by atoms with Crippen LogP contribution in [0.4, 0.5) is 4.79 Å². The predicted octanol–water partition coefficient (Wildman–Crippen LogP) is 2.31. The van der Waals surface area contributed by atoms with Gasteiger partial charge in [-0.1, -0.05) is 12.1 Å². The summed E-state index contributed by atoms with van der Waals surface area (Å²) in [5.41, 5.74) is 1.58. The molecule has 0 aliphatic carbocycles. The van der Waals surface area contributed by atoms with Crippen molar-refractivity contribution in [2.24, 2.45) is 0 Å². The molecule has 1 atom stereocenters. The SMILES string of the molecule is COc1ccc(C2=C(C(=O)O)CN(C(=O)O)C(C)C2)cc1. The summed E-state index contributed by atoms with van der Waals surface area (Å²) >= 11 is 0. The summed E-state index contributed by atoms with van der Waals surface area (Å²) in [5, 5.41) is 18.5. The second-order valence-electron chi connectivity index (χ2n) is 4.95. The van der Waals surface area contributed by atoms with Crippen LogP contribution in [0.1, 0.15) is 18.9 Å². The number of rotatable bonds is 3. The van der Waals surface area contributed by atoms with Crippen molar-refractivity contribution < 1.29 is 24.5 Å². The topological polar surface area (TPSA) is 87.1 Å². The van der Waals surface area contributed by atoms with Crippen LogP contribution in [-0.2, 0) is 4.79 Å². The van der Waals surface area contributed by atoms with Gasteiger partial charge in [-0.15, -0.1) is 0 Å². The smallest absolute Gasteiger partial charge is 0.407 e. The standard InChI is InChI=1S/C15H17NO5/c1-9-7-12(10-3-5-11(21-2)6-4-10)13(14(17)18)8-16(9)15(19)20/h3-6,9H,7-8H2,1-2H3,(H,17,18)(H,19,20). The zero-order chi connectivity index (χ0) is 15.6. The van der Waals surface area contributed by atoms with E-state index in [1.54, 1.807) is 38.3 Å². The number of amides is 1. The van der Waals surface area contributed by atoms with Crippen LogP contribution >= 0.6 is 0 Å². The second-order valence-corrected chi connectivity index (χ2v) is 4.95. The molecular formula is C15H17NO5. The Morgan fingerprint density at radius 1 is 1.24 bits per heavy atom. The number of aliphatic carboxylic acids is 1. The molecule has 0 bridgehead atoms. The maximum absolute atomic E-state index is 11.4. The number of ether oxygens (including phenoxy) is 1. The second kappa shape index (κ2) is 5.87. The molecule has 1 aromatic rings. The molecule has 112 valence electrons. The molecule has 0 radical (unpaired) electrons. The molecule has 0 saturated heterocycles. The van der Waals surface area contributed by atoms with E-state index in [1.165, 1.54) is 0 Å². The molecule has 6 nitrogen and oxygen atoms in total. The quantitative estimate of drug-likeness (QED) is 0.892. The van der Waals surface area contributed by atoms with Gasteiger partial charge in [0.25, 0.3) is 0 Å². The van der Waals surface area contributed by atoms with Gasteiger partial charge in [-0.05, 0) is 36.6 Å². The monoisotopic (exact) mass is 291 g/mol. The molecule has 1 aliphatic rings. The van der Waals surface area contributed by atoms with Crippen molar-refractivity contribution in [2.75, 3.05) is 13.7 Å². The molecule has 1 aliphatic heterocycles. The molecule has 1 heterocycles. The summed E-state index contributed by atoms with van der Waals surface area (Å²) in [5.74, 6) is -0.397. The molecular weight excluding hydrogens is 274 g/mol. The van der Waals surface area contributed by atoms with Gasteiger partial charge in [-0.2, -0.15) is 0 Å². The fourth-order valence-electron chi connectivity index (χ4n) is 2.49. The zero-order valence-electron chi connectivity index (χ0n) is 11.9. The first kappa shape index (κ1) is 14.9. The molecule has 0 fully saturated rings. The lowest BCUT2D eigenvalue weighted by Gasteiger charge is -2.33. The van der Waals surface area contributed by atoms with E-state index in [0.29, 0.717) is 17.7 Å². The minimum absolute atomic E-state index is 0.104. The maximum atomic E-state index is 11.4. The van der Waals surface area contributed by atoms with Crippen LogP contribution in [0.15, 0.2) is 29.8 Å². The lowest BCUT2D eigenvalue weighted by Crippen LogP contribution is -2.43. The third-order valence-electron chi connectivity index (χ3n) is 3.67. The highest BCUT2D eigenvalue weighted by Crippen LogP contribution is 2.32. The minimum Gasteiger partial charge on any atom is -0.497 e. The highest BCUT2D eigenvalue weighted by Gasteiger charge is 2.31. The molecule has 2 N–H and O–H groups in total. The van der Waals surface area contributed by atoms with Gasteiger partial charge in [0.05, 0.1) is 19.2 Å². The number of methoxy groups -OCH3 is 1. The van der Waals surface area contributed by atoms with Crippen molar-refractivity contribution in [1.29, 1.82) is 0 Å². The number of hydrogen-bond donors (Lipinski definition) is 2. The molecule has 0 aromatic heterocycles. The Bertz CT molecular complexity index is 591. The molecule has 0 saturated carbocycles. The summed E-state index contributed by atoms with van der Waals surface area (Å²) in [6.07, 6.45) is -0.727. The Balaban J connectivity index is 2.43. The number of carboxylic acid groups (broad SMARTS) is 2. The largest absolute Gasteiger partial charge is 0.497 e. The van der Waals surface area contributed by atoms with Crippen LogP contribution in [0, 0.1) is 0 Å². The molecule has 1 unspecified atom stereocenters. The zero-order valence-corrected chi connectivity index (χ0v) is 11.9. The van der Waals surface area contributed by atoms with Crippen molar-refractivity contribution in [3.05, 3.63) is 35.4 Å². The van der Waals surface area contributed by atoms with E-state index in [-0.39, 0.29) is 18.2 Å².